The Labute approximate surface area is 127 Å². The minimum atomic E-state index is -0.462. The summed E-state index contributed by atoms with van der Waals surface area (Å²) in [4.78, 5) is 26.5. The monoisotopic (exact) mass is 295 g/mol. The molecule has 0 aromatic carbocycles. The molecule has 21 heavy (non-hydrogen) atoms. The fraction of sp³-hybridized carbons (Fsp3) is 0.875. The Hall–Kier alpha value is -1.10. The summed E-state index contributed by atoms with van der Waals surface area (Å²) in [6, 6.07) is -0.437. The highest BCUT2D eigenvalue weighted by Gasteiger charge is 2.33. The second kappa shape index (κ2) is 6.34. The average Bonchev–Trinajstić information content (AvgIpc) is 2.76. The second-order valence-corrected chi connectivity index (χ2v) is 7.53. The maximum absolute atomic E-state index is 12.5. The molecule has 0 aromatic heterocycles. The van der Waals surface area contributed by atoms with Crippen LogP contribution >= 0.6 is 0 Å². The molecule has 0 saturated carbocycles. The summed E-state index contributed by atoms with van der Waals surface area (Å²) < 4.78 is 0. The smallest absolute Gasteiger partial charge is 0.244 e. The zero-order chi connectivity index (χ0) is 15.6. The number of likely N-dealkylation sites (tertiary alicyclic amines) is 1. The molecule has 2 rings (SSSR count). The van der Waals surface area contributed by atoms with Gasteiger partial charge in [0.05, 0.1) is 0 Å². The fourth-order valence-electron chi connectivity index (χ4n) is 3.19. The average molecular weight is 295 g/mol. The largest absolute Gasteiger partial charge is 0.344 e. The van der Waals surface area contributed by atoms with Crippen molar-refractivity contribution >= 4 is 11.8 Å². The van der Waals surface area contributed by atoms with Gasteiger partial charge in [-0.1, -0.05) is 20.8 Å². The molecule has 2 aliphatic heterocycles. The molecule has 0 radical (unpaired) electrons. The van der Waals surface area contributed by atoms with Gasteiger partial charge < -0.3 is 15.5 Å². The van der Waals surface area contributed by atoms with Gasteiger partial charge in [0.25, 0.3) is 0 Å². The van der Waals surface area contributed by atoms with Crippen LogP contribution in [0.1, 0.15) is 40.5 Å². The van der Waals surface area contributed by atoms with Gasteiger partial charge in [0.1, 0.15) is 6.04 Å². The summed E-state index contributed by atoms with van der Waals surface area (Å²) in [5, 5.41) is 6.29. The Morgan fingerprint density at radius 3 is 2.14 bits per heavy atom. The van der Waals surface area contributed by atoms with E-state index in [2.05, 4.69) is 10.6 Å². The number of fused-ring (bicyclic) bond motifs is 1. The zero-order valence-corrected chi connectivity index (χ0v) is 13.7. The summed E-state index contributed by atoms with van der Waals surface area (Å²) in [6.45, 7) is 11.2. The van der Waals surface area contributed by atoms with Crippen molar-refractivity contribution in [1.82, 2.24) is 15.5 Å². The van der Waals surface area contributed by atoms with E-state index in [-0.39, 0.29) is 11.8 Å². The fourth-order valence-corrected chi connectivity index (χ4v) is 3.19. The van der Waals surface area contributed by atoms with Crippen LogP contribution in [-0.2, 0) is 9.59 Å². The third kappa shape index (κ3) is 3.96. The summed E-state index contributed by atoms with van der Waals surface area (Å²) in [5.74, 6) is 1.41. The van der Waals surface area contributed by atoms with Crippen molar-refractivity contribution < 1.29 is 9.59 Å². The van der Waals surface area contributed by atoms with Crippen molar-refractivity contribution in [2.75, 3.05) is 26.2 Å². The molecule has 1 unspecified atom stereocenters. The van der Waals surface area contributed by atoms with Gasteiger partial charge in [-0.3, -0.25) is 9.59 Å². The molecular formula is C16H29N3O2. The molecule has 0 aliphatic carbocycles. The number of nitrogens with zero attached hydrogens (tertiary/aromatic N) is 1. The van der Waals surface area contributed by atoms with Crippen molar-refractivity contribution in [3.8, 4) is 0 Å². The van der Waals surface area contributed by atoms with E-state index in [1.54, 1.807) is 6.92 Å². The Bertz CT molecular complexity index is 389. The number of carbonyl (C=O) groups is 2. The van der Waals surface area contributed by atoms with E-state index in [4.69, 9.17) is 0 Å². The van der Waals surface area contributed by atoms with Crippen molar-refractivity contribution in [2.24, 2.45) is 17.3 Å². The number of carbonyl (C=O) groups excluding carboxylic acids is 2. The molecule has 2 N–H and O–H groups in total. The van der Waals surface area contributed by atoms with Crippen LogP contribution in [0.2, 0.25) is 0 Å². The highest BCUT2D eigenvalue weighted by atomic mass is 16.2. The first-order chi connectivity index (χ1) is 9.79. The van der Waals surface area contributed by atoms with Crippen molar-refractivity contribution in [2.45, 2.75) is 46.6 Å². The number of hydrogen-bond donors (Lipinski definition) is 2. The van der Waals surface area contributed by atoms with E-state index >= 15 is 0 Å². The Balaban J connectivity index is 1.89. The van der Waals surface area contributed by atoms with Gasteiger partial charge in [-0.2, -0.15) is 0 Å². The van der Waals surface area contributed by atoms with Gasteiger partial charge in [0, 0.05) is 18.5 Å². The van der Waals surface area contributed by atoms with E-state index in [1.165, 1.54) is 0 Å². The molecule has 2 heterocycles. The Kier molecular flexibility index (Phi) is 4.91. The minimum absolute atomic E-state index is 0.0560. The molecule has 2 saturated heterocycles. The highest BCUT2D eigenvalue weighted by Crippen LogP contribution is 2.27. The summed E-state index contributed by atoms with van der Waals surface area (Å²) >= 11 is 0. The van der Waals surface area contributed by atoms with E-state index in [0.717, 1.165) is 39.0 Å². The van der Waals surface area contributed by atoms with Gasteiger partial charge in [-0.15, -0.1) is 0 Å². The molecule has 0 spiro atoms. The lowest BCUT2D eigenvalue weighted by Crippen LogP contribution is -2.50. The van der Waals surface area contributed by atoms with Crippen molar-refractivity contribution in [3.63, 3.8) is 0 Å². The molecule has 2 amide bonds. The van der Waals surface area contributed by atoms with Crippen LogP contribution in [0.4, 0.5) is 0 Å². The van der Waals surface area contributed by atoms with Crippen LogP contribution in [0.5, 0.6) is 0 Å². The number of nitrogens with one attached hydrogen (secondary N) is 2. The molecule has 2 fully saturated rings. The van der Waals surface area contributed by atoms with E-state index < -0.39 is 11.5 Å². The lowest BCUT2D eigenvalue weighted by molar-refractivity contribution is -0.138. The van der Waals surface area contributed by atoms with Crippen LogP contribution in [0.3, 0.4) is 0 Å². The van der Waals surface area contributed by atoms with Crippen LogP contribution in [0.15, 0.2) is 0 Å². The normalized spacial score (nSPS) is 27.7. The van der Waals surface area contributed by atoms with Crippen molar-refractivity contribution in [3.05, 3.63) is 0 Å². The lowest BCUT2D eigenvalue weighted by Gasteiger charge is -2.27. The molecule has 5 nitrogen and oxygen atoms in total. The van der Waals surface area contributed by atoms with Gasteiger partial charge in [-0.05, 0) is 44.7 Å². The highest BCUT2D eigenvalue weighted by molar-refractivity contribution is 5.89. The molecule has 0 bridgehead atoms. The van der Waals surface area contributed by atoms with E-state index in [9.17, 15) is 9.59 Å². The minimum Gasteiger partial charge on any atom is -0.344 e. The van der Waals surface area contributed by atoms with Crippen LogP contribution < -0.4 is 10.6 Å². The van der Waals surface area contributed by atoms with E-state index in [1.807, 2.05) is 25.7 Å². The lowest BCUT2D eigenvalue weighted by atomic mass is 9.92. The topological polar surface area (TPSA) is 61.4 Å². The second-order valence-electron chi connectivity index (χ2n) is 7.53. The molecule has 3 atom stereocenters. The van der Waals surface area contributed by atoms with Gasteiger partial charge in [-0.25, -0.2) is 0 Å². The van der Waals surface area contributed by atoms with Gasteiger partial charge >= 0.3 is 0 Å². The first-order valence-electron chi connectivity index (χ1n) is 8.09. The van der Waals surface area contributed by atoms with Crippen LogP contribution in [-0.4, -0.2) is 48.9 Å². The zero-order valence-electron chi connectivity index (χ0n) is 13.7. The molecule has 5 heteroatoms. The quantitative estimate of drug-likeness (QED) is 0.799. The van der Waals surface area contributed by atoms with Crippen LogP contribution in [0.25, 0.3) is 0 Å². The molecule has 120 valence electrons. The van der Waals surface area contributed by atoms with Gasteiger partial charge in [0.2, 0.25) is 11.8 Å². The van der Waals surface area contributed by atoms with E-state index in [0.29, 0.717) is 11.8 Å². The molecular weight excluding hydrogens is 266 g/mol. The molecule has 0 aromatic rings. The van der Waals surface area contributed by atoms with Crippen LogP contribution in [0, 0.1) is 17.3 Å². The summed E-state index contributed by atoms with van der Waals surface area (Å²) in [6.07, 6.45) is 2.15. The predicted octanol–water partition coefficient (Wildman–Crippen LogP) is 0.995. The van der Waals surface area contributed by atoms with Gasteiger partial charge in [0.15, 0.2) is 0 Å². The predicted molar refractivity (Wildman–Crippen MR) is 82.7 cm³/mol. The summed E-state index contributed by atoms with van der Waals surface area (Å²) in [5.41, 5.74) is -0.462. The number of amides is 2. The summed E-state index contributed by atoms with van der Waals surface area (Å²) in [7, 11) is 0. The maximum Gasteiger partial charge on any atom is 0.244 e. The standard InChI is InChI=1S/C16H29N3O2/c1-11(18-15(21)16(2,3)4)14(20)19-7-5-12-9-17-10-13(12)6-8-19/h11-13,17H,5-10H2,1-4H3,(H,18,21)/t11?,12-,13+. The Morgan fingerprint density at radius 2 is 1.67 bits per heavy atom. The third-order valence-electron chi connectivity index (χ3n) is 4.73. The first-order valence-corrected chi connectivity index (χ1v) is 8.09. The number of rotatable bonds is 2. The first kappa shape index (κ1) is 16.3. The Morgan fingerprint density at radius 1 is 1.14 bits per heavy atom. The third-order valence-corrected chi connectivity index (χ3v) is 4.73. The maximum atomic E-state index is 12.5. The molecule has 2 aliphatic rings. The van der Waals surface area contributed by atoms with Crippen molar-refractivity contribution in [1.29, 1.82) is 0 Å². The SMILES string of the molecule is CC(NC(=O)C(C)(C)C)C(=O)N1CC[C@@H]2CNC[C@@H]2CC1. The number of hydrogen-bond acceptors (Lipinski definition) is 3.